The minimum Gasteiger partial charge on any atom is -0.322 e. The lowest BCUT2D eigenvalue weighted by Crippen LogP contribution is -2.36. The molecule has 0 fully saturated rings. The van der Waals surface area contributed by atoms with Crippen LogP contribution in [-0.2, 0) is 4.79 Å². The van der Waals surface area contributed by atoms with Crippen molar-refractivity contribution in [1.82, 2.24) is 19.7 Å². The second kappa shape index (κ2) is 7.70. The summed E-state index contributed by atoms with van der Waals surface area (Å²) in [5.74, 6) is 0.600. The maximum Gasteiger partial charge on any atom is 0.250 e. The zero-order valence-corrected chi connectivity index (χ0v) is 12.7. The van der Waals surface area contributed by atoms with Crippen molar-refractivity contribution in [1.29, 1.82) is 0 Å². The van der Waals surface area contributed by atoms with Crippen LogP contribution in [0.1, 0.15) is 20.3 Å². The van der Waals surface area contributed by atoms with E-state index in [9.17, 15) is 4.79 Å². The molecule has 0 aromatic carbocycles. The predicted molar refractivity (Wildman–Crippen MR) is 82.5 cm³/mol. The third-order valence-electron chi connectivity index (χ3n) is 2.67. The van der Waals surface area contributed by atoms with Gasteiger partial charge in [0.25, 0.3) is 0 Å². The summed E-state index contributed by atoms with van der Waals surface area (Å²) in [7, 11) is 0. The highest BCUT2D eigenvalue weighted by molar-refractivity contribution is 5.94. The van der Waals surface area contributed by atoms with Crippen molar-refractivity contribution in [3.8, 4) is 5.95 Å². The van der Waals surface area contributed by atoms with Gasteiger partial charge >= 0.3 is 0 Å². The van der Waals surface area contributed by atoms with E-state index in [4.69, 9.17) is 5.73 Å². The van der Waals surface area contributed by atoms with Gasteiger partial charge in [-0.15, -0.1) is 12.4 Å². The normalized spacial score (nSPS) is 11.8. The fourth-order valence-corrected chi connectivity index (χ4v) is 1.76. The van der Waals surface area contributed by atoms with Crippen LogP contribution in [0.5, 0.6) is 0 Å². The highest BCUT2D eigenvalue weighted by Gasteiger charge is 2.15. The molecular formula is C13H19ClN6O. The summed E-state index contributed by atoms with van der Waals surface area (Å²) in [6.07, 6.45) is 7.08. The smallest absolute Gasteiger partial charge is 0.250 e. The predicted octanol–water partition coefficient (Wildman–Crippen LogP) is 1.40. The first-order valence-electron chi connectivity index (χ1n) is 6.44. The van der Waals surface area contributed by atoms with Gasteiger partial charge in [0, 0.05) is 12.4 Å². The maximum absolute atomic E-state index is 11.9. The number of carbonyl (C=O) groups excluding carboxylic acids is 1. The molecule has 2 aromatic rings. The van der Waals surface area contributed by atoms with Crippen LogP contribution in [0.2, 0.25) is 0 Å². The fourth-order valence-electron chi connectivity index (χ4n) is 1.76. The summed E-state index contributed by atoms with van der Waals surface area (Å²) in [4.78, 5) is 20.0. The number of nitrogens with one attached hydrogen (secondary N) is 1. The molecule has 0 unspecified atom stereocenters. The first-order chi connectivity index (χ1) is 9.56. The Morgan fingerprint density at radius 2 is 2.05 bits per heavy atom. The van der Waals surface area contributed by atoms with Gasteiger partial charge in [-0.2, -0.15) is 5.10 Å². The minimum absolute atomic E-state index is 0. The van der Waals surface area contributed by atoms with Gasteiger partial charge in [0.2, 0.25) is 11.9 Å². The molecule has 1 atom stereocenters. The lowest BCUT2D eigenvalue weighted by molar-refractivity contribution is -0.117. The van der Waals surface area contributed by atoms with Crippen molar-refractivity contribution in [2.45, 2.75) is 26.3 Å². The largest absolute Gasteiger partial charge is 0.322 e. The van der Waals surface area contributed by atoms with Gasteiger partial charge in [0.15, 0.2) is 0 Å². The van der Waals surface area contributed by atoms with Gasteiger partial charge in [-0.05, 0) is 18.4 Å². The van der Waals surface area contributed by atoms with E-state index in [1.54, 1.807) is 24.7 Å². The van der Waals surface area contributed by atoms with E-state index in [-0.39, 0.29) is 18.3 Å². The minimum atomic E-state index is -0.522. The Morgan fingerprint density at radius 1 is 1.38 bits per heavy atom. The number of aromatic nitrogens is 4. The van der Waals surface area contributed by atoms with Crippen molar-refractivity contribution in [2.24, 2.45) is 11.7 Å². The number of nitrogens with zero attached hydrogens (tertiary/aromatic N) is 4. The molecule has 7 nitrogen and oxygen atoms in total. The van der Waals surface area contributed by atoms with E-state index in [0.29, 0.717) is 24.0 Å². The molecule has 0 spiro atoms. The van der Waals surface area contributed by atoms with Gasteiger partial charge in [-0.25, -0.2) is 14.6 Å². The number of rotatable bonds is 5. The Kier molecular flexibility index (Phi) is 6.26. The van der Waals surface area contributed by atoms with E-state index < -0.39 is 6.04 Å². The molecule has 2 rings (SSSR count). The molecular weight excluding hydrogens is 292 g/mol. The summed E-state index contributed by atoms with van der Waals surface area (Å²) in [6, 6.07) is 1.20. The van der Waals surface area contributed by atoms with E-state index in [0.717, 1.165) is 0 Å². The zero-order chi connectivity index (χ0) is 14.5. The van der Waals surface area contributed by atoms with E-state index in [1.165, 1.54) is 10.9 Å². The lowest BCUT2D eigenvalue weighted by Gasteiger charge is -2.12. The van der Waals surface area contributed by atoms with E-state index in [2.05, 4.69) is 20.4 Å². The lowest BCUT2D eigenvalue weighted by atomic mass is 10.0. The standard InChI is InChI=1S/C13H18N6O.ClH/c1-9(2)6-11(14)12(20)18-10-7-17-19(8-10)13-15-4-3-5-16-13;/h3-5,7-9,11H,6,14H2,1-2H3,(H,18,20);1H/t11-;/m0./s1. The molecule has 0 saturated heterocycles. The molecule has 0 aliphatic carbocycles. The molecule has 0 saturated carbocycles. The first-order valence-corrected chi connectivity index (χ1v) is 6.44. The summed E-state index contributed by atoms with van der Waals surface area (Å²) in [6.45, 7) is 4.05. The van der Waals surface area contributed by atoms with Crippen LogP contribution in [0.3, 0.4) is 0 Å². The van der Waals surface area contributed by atoms with Gasteiger partial charge in [-0.3, -0.25) is 4.79 Å². The quantitative estimate of drug-likeness (QED) is 0.869. The van der Waals surface area contributed by atoms with Crippen molar-refractivity contribution in [2.75, 3.05) is 5.32 Å². The average molecular weight is 311 g/mol. The number of anilines is 1. The van der Waals surface area contributed by atoms with Crippen LogP contribution in [0.15, 0.2) is 30.9 Å². The number of hydrogen-bond donors (Lipinski definition) is 2. The van der Waals surface area contributed by atoms with Crippen molar-refractivity contribution < 1.29 is 4.79 Å². The Morgan fingerprint density at radius 3 is 2.67 bits per heavy atom. The molecule has 2 heterocycles. The number of nitrogens with two attached hydrogens (primary N) is 1. The van der Waals surface area contributed by atoms with E-state index in [1.807, 2.05) is 13.8 Å². The zero-order valence-electron chi connectivity index (χ0n) is 11.9. The SMILES string of the molecule is CC(C)C[C@H](N)C(=O)Nc1cnn(-c2ncccn2)c1.Cl. The van der Waals surface area contributed by atoms with Crippen LogP contribution >= 0.6 is 12.4 Å². The second-order valence-electron chi connectivity index (χ2n) is 4.95. The Bertz CT molecular complexity index is 571. The highest BCUT2D eigenvalue weighted by atomic mass is 35.5. The van der Waals surface area contributed by atoms with Crippen molar-refractivity contribution in [3.05, 3.63) is 30.9 Å². The molecule has 2 aromatic heterocycles. The Balaban J connectivity index is 0.00000220. The van der Waals surface area contributed by atoms with Crippen LogP contribution in [0.4, 0.5) is 5.69 Å². The molecule has 0 aliphatic rings. The summed E-state index contributed by atoms with van der Waals surface area (Å²) in [5.41, 5.74) is 6.39. The molecule has 3 N–H and O–H groups in total. The third kappa shape index (κ3) is 4.80. The van der Waals surface area contributed by atoms with Crippen LogP contribution in [0, 0.1) is 5.92 Å². The van der Waals surface area contributed by atoms with Crippen molar-refractivity contribution in [3.63, 3.8) is 0 Å². The van der Waals surface area contributed by atoms with Crippen LogP contribution in [-0.4, -0.2) is 31.7 Å². The molecule has 114 valence electrons. The van der Waals surface area contributed by atoms with Crippen LogP contribution in [0.25, 0.3) is 5.95 Å². The average Bonchev–Trinajstić information content (AvgIpc) is 2.87. The number of hydrogen-bond acceptors (Lipinski definition) is 5. The van der Waals surface area contributed by atoms with Crippen molar-refractivity contribution >= 4 is 24.0 Å². The highest BCUT2D eigenvalue weighted by Crippen LogP contribution is 2.10. The third-order valence-corrected chi connectivity index (χ3v) is 2.67. The fraction of sp³-hybridized carbons (Fsp3) is 0.385. The molecule has 0 bridgehead atoms. The van der Waals surface area contributed by atoms with Gasteiger partial charge in [-0.1, -0.05) is 13.8 Å². The Labute approximate surface area is 129 Å². The summed E-state index contributed by atoms with van der Waals surface area (Å²) in [5, 5.41) is 6.83. The number of halogens is 1. The van der Waals surface area contributed by atoms with Gasteiger partial charge in [0.1, 0.15) is 0 Å². The molecule has 21 heavy (non-hydrogen) atoms. The first kappa shape index (κ1) is 17.1. The summed E-state index contributed by atoms with van der Waals surface area (Å²) >= 11 is 0. The molecule has 0 radical (unpaired) electrons. The topological polar surface area (TPSA) is 98.7 Å². The van der Waals surface area contributed by atoms with Crippen LogP contribution < -0.4 is 11.1 Å². The maximum atomic E-state index is 11.9. The second-order valence-corrected chi connectivity index (χ2v) is 4.95. The Hall–Kier alpha value is -1.99. The van der Waals surface area contributed by atoms with Gasteiger partial charge in [0.05, 0.1) is 24.1 Å². The summed E-state index contributed by atoms with van der Waals surface area (Å²) < 4.78 is 1.49. The number of carbonyl (C=O) groups is 1. The van der Waals surface area contributed by atoms with Gasteiger partial charge < -0.3 is 11.1 Å². The monoisotopic (exact) mass is 310 g/mol. The molecule has 0 aliphatic heterocycles. The number of amides is 1. The van der Waals surface area contributed by atoms with E-state index >= 15 is 0 Å². The molecule has 1 amide bonds. The molecule has 8 heteroatoms.